The SMILES string of the molecule is O=S(=O)(NCCCNc1cc(-c2[nH]c(-c3ccccc3)nc2-c2cccc(O)c2)ccn1)c1c(Cl)cccc1Cl. The molecule has 0 spiro atoms. The first-order chi connectivity index (χ1) is 19.3. The van der Waals surface area contributed by atoms with Crippen LogP contribution < -0.4 is 10.0 Å². The highest BCUT2D eigenvalue weighted by molar-refractivity contribution is 7.89. The van der Waals surface area contributed by atoms with Gasteiger partial charge in [-0.1, -0.05) is 71.7 Å². The van der Waals surface area contributed by atoms with Crippen molar-refractivity contribution in [2.75, 3.05) is 18.4 Å². The number of phenols is 1. The first-order valence-corrected chi connectivity index (χ1v) is 14.6. The van der Waals surface area contributed by atoms with Gasteiger partial charge in [0.2, 0.25) is 10.0 Å². The summed E-state index contributed by atoms with van der Waals surface area (Å²) in [6.45, 7) is 0.645. The number of nitrogens with zero attached hydrogens (tertiary/aromatic N) is 2. The maximum Gasteiger partial charge on any atom is 0.243 e. The van der Waals surface area contributed by atoms with Crippen LogP contribution in [0.15, 0.2) is 96.0 Å². The number of pyridine rings is 1. The van der Waals surface area contributed by atoms with Gasteiger partial charge in [0.25, 0.3) is 0 Å². The van der Waals surface area contributed by atoms with Gasteiger partial charge in [-0.25, -0.2) is 23.1 Å². The summed E-state index contributed by atoms with van der Waals surface area (Å²) in [7, 11) is -3.85. The molecule has 0 saturated heterocycles. The normalized spacial score (nSPS) is 11.4. The number of nitrogens with one attached hydrogen (secondary N) is 3. The van der Waals surface area contributed by atoms with Crippen LogP contribution >= 0.6 is 23.2 Å². The van der Waals surface area contributed by atoms with Crippen molar-refractivity contribution in [3.05, 3.63) is 101 Å². The van der Waals surface area contributed by atoms with Gasteiger partial charge in [-0.3, -0.25) is 0 Å². The fraction of sp³-hybridized carbons (Fsp3) is 0.103. The topological polar surface area (TPSA) is 120 Å². The van der Waals surface area contributed by atoms with E-state index in [1.807, 2.05) is 48.5 Å². The maximum atomic E-state index is 12.6. The molecule has 40 heavy (non-hydrogen) atoms. The first kappa shape index (κ1) is 27.7. The Balaban J connectivity index is 1.31. The number of anilines is 1. The van der Waals surface area contributed by atoms with Crippen LogP contribution in [-0.2, 0) is 10.0 Å². The van der Waals surface area contributed by atoms with Gasteiger partial charge < -0.3 is 15.4 Å². The molecular formula is C29H25Cl2N5O3S. The number of rotatable bonds is 10. The summed E-state index contributed by atoms with van der Waals surface area (Å²) in [4.78, 5) is 12.6. The van der Waals surface area contributed by atoms with Gasteiger partial charge in [0.15, 0.2) is 0 Å². The van der Waals surface area contributed by atoms with Crippen LogP contribution in [0, 0.1) is 0 Å². The van der Waals surface area contributed by atoms with Crippen LogP contribution in [0.1, 0.15) is 6.42 Å². The Labute approximate surface area is 242 Å². The highest BCUT2D eigenvalue weighted by Gasteiger charge is 2.21. The third-order valence-electron chi connectivity index (χ3n) is 6.06. The van der Waals surface area contributed by atoms with Crippen LogP contribution in [0.4, 0.5) is 5.82 Å². The van der Waals surface area contributed by atoms with Crippen LogP contribution in [0.2, 0.25) is 10.0 Å². The Morgan fingerprint density at radius 3 is 2.30 bits per heavy atom. The average molecular weight is 595 g/mol. The van der Waals surface area contributed by atoms with Gasteiger partial charge >= 0.3 is 0 Å². The van der Waals surface area contributed by atoms with Crippen molar-refractivity contribution in [2.45, 2.75) is 11.3 Å². The maximum absolute atomic E-state index is 12.6. The monoisotopic (exact) mass is 593 g/mol. The number of sulfonamides is 1. The Bertz CT molecular complexity index is 1720. The summed E-state index contributed by atoms with van der Waals surface area (Å²) in [5.74, 6) is 1.47. The molecule has 3 aromatic carbocycles. The van der Waals surface area contributed by atoms with Crippen molar-refractivity contribution in [2.24, 2.45) is 0 Å². The lowest BCUT2D eigenvalue weighted by Crippen LogP contribution is -2.26. The van der Waals surface area contributed by atoms with Gasteiger partial charge in [0.05, 0.1) is 21.4 Å². The zero-order valence-electron chi connectivity index (χ0n) is 21.1. The lowest BCUT2D eigenvalue weighted by molar-refractivity contribution is 0.475. The van der Waals surface area contributed by atoms with Crippen molar-refractivity contribution in [3.8, 4) is 39.7 Å². The first-order valence-electron chi connectivity index (χ1n) is 12.4. The molecule has 2 heterocycles. The molecule has 0 atom stereocenters. The number of halogens is 2. The number of benzene rings is 3. The molecule has 0 radical (unpaired) electrons. The summed E-state index contributed by atoms with van der Waals surface area (Å²) in [5, 5.41) is 13.4. The quantitative estimate of drug-likeness (QED) is 0.135. The smallest absolute Gasteiger partial charge is 0.243 e. The highest BCUT2D eigenvalue weighted by Crippen LogP contribution is 2.35. The van der Waals surface area contributed by atoms with Crippen LogP contribution in [0.25, 0.3) is 33.9 Å². The molecule has 0 aliphatic carbocycles. The number of H-pyrrole nitrogens is 1. The molecule has 0 amide bonds. The Morgan fingerprint density at radius 2 is 1.55 bits per heavy atom. The minimum absolute atomic E-state index is 0.0680. The largest absolute Gasteiger partial charge is 0.508 e. The highest BCUT2D eigenvalue weighted by atomic mass is 35.5. The number of hydrogen-bond acceptors (Lipinski definition) is 6. The van der Waals surface area contributed by atoms with E-state index in [-0.39, 0.29) is 27.2 Å². The number of aromatic nitrogens is 3. The van der Waals surface area contributed by atoms with E-state index in [1.165, 1.54) is 12.1 Å². The lowest BCUT2D eigenvalue weighted by atomic mass is 10.1. The molecule has 0 aliphatic rings. The predicted molar refractivity (Wildman–Crippen MR) is 159 cm³/mol. The summed E-state index contributed by atoms with van der Waals surface area (Å²) in [6.07, 6.45) is 2.18. The Kier molecular flexibility index (Phi) is 8.37. The summed E-state index contributed by atoms with van der Waals surface area (Å²) >= 11 is 12.1. The minimum Gasteiger partial charge on any atom is -0.508 e. The predicted octanol–water partition coefficient (Wildman–Crippen LogP) is 6.60. The van der Waals surface area contributed by atoms with E-state index in [2.05, 4.69) is 20.0 Å². The minimum atomic E-state index is -3.85. The van der Waals surface area contributed by atoms with E-state index in [0.29, 0.717) is 30.3 Å². The number of hydrogen-bond donors (Lipinski definition) is 4. The zero-order valence-corrected chi connectivity index (χ0v) is 23.4. The average Bonchev–Trinajstić information content (AvgIpc) is 3.39. The van der Waals surface area contributed by atoms with Crippen LogP contribution in [0.5, 0.6) is 5.75 Å². The summed E-state index contributed by atoms with van der Waals surface area (Å²) in [5.41, 5.74) is 4.02. The number of aromatic hydroxyl groups is 1. The summed E-state index contributed by atoms with van der Waals surface area (Å²) < 4.78 is 27.8. The second kappa shape index (κ2) is 12.1. The number of aromatic amines is 1. The third kappa shape index (κ3) is 6.29. The van der Waals surface area contributed by atoms with E-state index in [0.717, 1.165) is 22.4 Å². The second-order valence-electron chi connectivity index (χ2n) is 8.88. The Morgan fingerprint density at radius 1 is 0.825 bits per heavy atom. The zero-order chi connectivity index (χ0) is 28.1. The van der Waals surface area contributed by atoms with Gasteiger partial charge in [-0.05, 0) is 42.8 Å². The van der Waals surface area contributed by atoms with Crippen LogP contribution in [0.3, 0.4) is 0 Å². The molecule has 5 rings (SSSR count). The molecule has 0 fully saturated rings. The van der Waals surface area contributed by atoms with Gasteiger partial charge in [0.1, 0.15) is 22.3 Å². The molecule has 0 aliphatic heterocycles. The van der Waals surface area contributed by atoms with E-state index >= 15 is 0 Å². The van der Waals surface area contributed by atoms with Crippen molar-refractivity contribution in [1.29, 1.82) is 0 Å². The molecule has 11 heteroatoms. The van der Waals surface area contributed by atoms with Crippen LogP contribution in [-0.4, -0.2) is 41.6 Å². The standard InChI is InChI=1S/C29H25Cl2N5O3S/c30-23-11-5-12-24(31)28(23)40(38,39)34-15-6-14-32-25-18-21(13-16-33-25)27-26(20-9-4-10-22(37)17-20)35-29(36-27)19-7-2-1-3-8-19/h1-5,7-13,16-18,34,37H,6,14-15H2,(H,32,33)(H,35,36). The van der Waals surface area contributed by atoms with E-state index in [9.17, 15) is 13.5 Å². The van der Waals surface area contributed by atoms with E-state index in [1.54, 1.807) is 30.5 Å². The molecule has 204 valence electrons. The molecule has 5 aromatic rings. The molecule has 2 aromatic heterocycles. The lowest BCUT2D eigenvalue weighted by Gasteiger charge is -2.11. The van der Waals surface area contributed by atoms with Crippen molar-refractivity contribution < 1.29 is 13.5 Å². The second-order valence-corrected chi connectivity index (χ2v) is 11.4. The number of imidazole rings is 1. The van der Waals surface area contributed by atoms with E-state index < -0.39 is 10.0 Å². The van der Waals surface area contributed by atoms with Gasteiger partial charge in [-0.15, -0.1) is 0 Å². The molecule has 0 bridgehead atoms. The number of phenolic OH excluding ortho intramolecular Hbond substituents is 1. The Hall–Kier alpha value is -3.89. The van der Waals surface area contributed by atoms with Crippen molar-refractivity contribution in [1.82, 2.24) is 19.7 Å². The molecule has 8 nitrogen and oxygen atoms in total. The summed E-state index contributed by atoms with van der Waals surface area (Å²) in [6, 6.07) is 25.1. The fourth-order valence-electron chi connectivity index (χ4n) is 4.18. The molecular weight excluding hydrogens is 569 g/mol. The third-order valence-corrected chi connectivity index (χ3v) is 8.47. The fourth-order valence-corrected chi connectivity index (χ4v) is 6.40. The van der Waals surface area contributed by atoms with Gasteiger partial charge in [-0.2, -0.15) is 0 Å². The van der Waals surface area contributed by atoms with Gasteiger partial charge in [0, 0.05) is 36.0 Å². The molecule has 0 saturated carbocycles. The van der Waals surface area contributed by atoms with Crippen molar-refractivity contribution >= 4 is 39.0 Å². The molecule has 4 N–H and O–H groups in total. The van der Waals surface area contributed by atoms with E-state index in [4.69, 9.17) is 28.2 Å². The molecule has 0 unspecified atom stereocenters. The van der Waals surface area contributed by atoms with Crippen molar-refractivity contribution in [3.63, 3.8) is 0 Å².